The minimum Gasteiger partial charge on any atom is -0.350 e. The number of anilines is 2. The van der Waals surface area contributed by atoms with E-state index in [0.29, 0.717) is 35.2 Å². The van der Waals surface area contributed by atoms with E-state index in [1.807, 2.05) is 17.5 Å². The lowest BCUT2D eigenvalue weighted by Crippen LogP contribution is -2.23. The van der Waals surface area contributed by atoms with Gasteiger partial charge in [0.2, 0.25) is 11.9 Å². The first kappa shape index (κ1) is 18.8. The van der Waals surface area contributed by atoms with Gasteiger partial charge in [-0.05, 0) is 36.9 Å². The summed E-state index contributed by atoms with van der Waals surface area (Å²) in [5.41, 5.74) is 1.42. The Morgan fingerprint density at radius 2 is 2.17 bits per heavy atom. The first-order valence-electron chi connectivity index (χ1n) is 9.04. The highest BCUT2D eigenvalue weighted by Crippen LogP contribution is 2.12. The molecule has 29 heavy (non-hydrogen) atoms. The fourth-order valence-corrected chi connectivity index (χ4v) is 3.55. The van der Waals surface area contributed by atoms with Crippen LogP contribution in [0.25, 0.3) is 5.78 Å². The molecule has 0 saturated heterocycles. The zero-order valence-electron chi connectivity index (χ0n) is 15.7. The van der Waals surface area contributed by atoms with Crippen LogP contribution in [-0.4, -0.2) is 30.5 Å². The number of fused-ring (bicyclic) bond motifs is 1. The molecular weight excluding hydrogens is 390 g/mol. The third kappa shape index (κ3) is 4.32. The maximum absolute atomic E-state index is 12.9. The second kappa shape index (κ2) is 8.23. The van der Waals surface area contributed by atoms with Crippen LogP contribution in [0, 0.1) is 6.92 Å². The van der Waals surface area contributed by atoms with Gasteiger partial charge in [-0.15, -0.1) is 11.3 Å². The first-order chi connectivity index (χ1) is 14.1. The van der Waals surface area contributed by atoms with Crippen molar-refractivity contribution in [2.75, 3.05) is 10.6 Å². The van der Waals surface area contributed by atoms with E-state index < -0.39 is 0 Å². The summed E-state index contributed by atoms with van der Waals surface area (Å²) in [5.74, 6) is 0.573. The van der Waals surface area contributed by atoms with Crippen LogP contribution < -0.4 is 16.2 Å². The third-order valence-electron chi connectivity index (χ3n) is 4.35. The monoisotopic (exact) mass is 409 g/mol. The van der Waals surface area contributed by atoms with Crippen LogP contribution in [0.2, 0.25) is 0 Å². The Labute approximate surface area is 169 Å². The SMILES string of the molecule is Cc1nc2nc(NCc3cccs3)[nH]n2c(=O)c1CCC(=O)Nc1cccnc1. The molecule has 3 N–H and O–H groups in total. The smallest absolute Gasteiger partial charge is 0.277 e. The van der Waals surface area contributed by atoms with Crippen molar-refractivity contribution in [3.8, 4) is 0 Å². The van der Waals surface area contributed by atoms with E-state index in [1.165, 1.54) is 4.52 Å². The number of hydrogen-bond acceptors (Lipinski definition) is 7. The normalized spacial score (nSPS) is 10.9. The maximum atomic E-state index is 12.9. The van der Waals surface area contributed by atoms with E-state index in [0.717, 1.165) is 4.88 Å². The van der Waals surface area contributed by atoms with Crippen molar-refractivity contribution in [3.63, 3.8) is 0 Å². The fraction of sp³-hybridized carbons (Fsp3) is 0.211. The van der Waals surface area contributed by atoms with Gasteiger partial charge in [-0.25, -0.2) is 4.98 Å². The number of thiophene rings is 1. The lowest BCUT2D eigenvalue weighted by molar-refractivity contribution is -0.116. The van der Waals surface area contributed by atoms with Crippen molar-refractivity contribution >= 4 is 34.7 Å². The molecule has 1 amide bonds. The summed E-state index contributed by atoms with van der Waals surface area (Å²) in [6.07, 6.45) is 3.65. The molecule has 0 spiro atoms. The second-order valence-corrected chi connectivity index (χ2v) is 7.44. The number of nitrogens with one attached hydrogen (secondary N) is 3. The summed E-state index contributed by atoms with van der Waals surface area (Å²) >= 11 is 1.64. The minimum atomic E-state index is -0.252. The Balaban J connectivity index is 1.47. The summed E-state index contributed by atoms with van der Waals surface area (Å²) < 4.78 is 1.30. The average Bonchev–Trinajstić information content (AvgIpc) is 3.36. The lowest BCUT2D eigenvalue weighted by Gasteiger charge is -2.06. The number of aromatic nitrogens is 5. The van der Waals surface area contributed by atoms with Crippen molar-refractivity contribution in [1.29, 1.82) is 0 Å². The van der Waals surface area contributed by atoms with Crippen LogP contribution in [0.5, 0.6) is 0 Å². The molecule has 0 saturated carbocycles. The van der Waals surface area contributed by atoms with Crippen LogP contribution in [0.15, 0.2) is 46.8 Å². The summed E-state index contributed by atoms with van der Waals surface area (Å²) in [5, 5.41) is 10.9. The van der Waals surface area contributed by atoms with Crippen molar-refractivity contribution < 1.29 is 4.79 Å². The van der Waals surface area contributed by atoms with Crippen LogP contribution >= 0.6 is 11.3 Å². The quantitative estimate of drug-likeness (QED) is 0.431. The maximum Gasteiger partial charge on any atom is 0.277 e. The average molecular weight is 409 g/mol. The largest absolute Gasteiger partial charge is 0.350 e. The Morgan fingerprint density at radius 3 is 2.93 bits per heavy atom. The van der Waals surface area contributed by atoms with E-state index in [4.69, 9.17) is 0 Å². The van der Waals surface area contributed by atoms with Crippen LogP contribution in [0.3, 0.4) is 0 Å². The number of rotatable bonds is 7. The number of nitrogens with zero attached hydrogens (tertiary/aromatic N) is 4. The molecule has 0 fully saturated rings. The highest BCUT2D eigenvalue weighted by Gasteiger charge is 2.15. The molecule has 0 radical (unpaired) electrons. The van der Waals surface area contributed by atoms with E-state index in [2.05, 4.69) is 30.7 Å². The molecule has 0 atom stereocenters. The molecule has 0 unspecified atom stereocenters. The number of hydrogen-bond donors (Lipinski definition) is 3. The van der Waals surface area contributed by atoms with Crippen molar-refractivity contribution in [3.05, 3.63) is 68.5 Å². The summed E-state index contributed by atoms with van der Waals surface area (Å²) in [6, 6.07) is 7.50. The topological polar surface area (TPSA) is 117 Å². The predicted molar refractivity (Wildman–Crippen MR) is 111 cm³/mol. The van der Waals surface area contributed by atoms with Gasteiger partial charge < -0.3 is 10.6 Å². The Bertz CT molecular complexity index is 1180. The molecule has 4 aromatic heterocycles. The van der Waals surface area contributed by atoms with E-state index in [1.54, 1.807) is 42.8 Å². The molecule has 0 aromatic carbocycles. The van der Waals surface area contributed by atoms with Crippen LogP contribution in [0.1, 0.15) is 22.6 Å². The third-order valence-corrected chi connectivity index (χ3v) is 5.23. The number of aromatic amines is 1. The minimum absolute atomic E-state index is 0.163. The van der Waals surface area contributed by atoms with Gasteiger partial charge in [0.05, 0.1) is 24.1 Å². The van der Waals surface area contributed by atoms with E-state index in [-0.39, 0.29) is 24.3 Å². The molecule has 0 aliphatic carbocycles. The van der Waals surface area contributed by atoms with Crippen molar-refractivity contribution in [2.45, 2.75) is 26.3 Å². The van der Waals surface area contributed by atoms with Gasteiger partial charge in [0, 0.05) is 23.1 Å². The van der Waals surface area contributed by atoms with Gasteiger partial charge in [0.15, 0.2) is 0 Å². The number of H-pyrrole nitrogens is 1. The molecule has 4 rings (SSSR count). The first-order valence-corrected chi connectivity index (χ1v) is 9.92. The molecule has 148 valence electrons. The van der Waals surface area contributed by atoms with Crippen molar-refractivity contribution in [2.24, 2.45) is 0 Å². The fourth-order valence-electron chi connectivity index (χ4n) is 2.90. The number of pyridine rings is 1. The number of amides is 1. The predicted octanol–water partition coefficient (Wildman–Crippen LogP) is 2.37. The van der Waals surface area contributed by atoms with Crippen molar-refractivity contribution in [1.82, 2.24) is 24.6 Å². The molecule has 10 heteroatoms. The molecule has 4 aromatic rings. The Kier molecular flexibility index (Phi) is 5.34. The molecule has 0 bridgehead atoms. The summed E-state index contributed by atoms with van der Waals surface area (Å²) in [7, 11) is 0. The highest BCUT2D eigenvalue weighted by molar-refractivity contribution is 7.09. The Hall–Kier alpha value is -3.53. The van der Waals surface area contributed by atoms with Gasteiger partial charge in [0.1, 0.15) is 0 Å². The van der Waals surface area contributed by atoms with E-state index in [9.17, 15) is 9.59 Å². The highest BCUT2D eigenvalue weighted by atomic mass is 32.1. The number of carbonyl (C=O) groups excluding carboxylic acids is 1. The van der Waals surface area contributed by atoms with Gasteiger partial charge >= 0.3 is 0 Å². The van der Waals surface area contributed by atoms with Gasteiger partial charge in [-0.1, -0.05) is 6.07 Å². The molecule has 0 aliphatic heterocycles. The summed E-state index contributed by atoms with van der Waals surface area (Å²) in [6.45, 7) is 2.36. The number of aryl methyl sites for hydroxylation is 1. The van der Waals surface area contributed by atoms with Crippen LogP contribution in [-0.2, 0) is 17.8 Å². The zero-order valence-corrected chi connectivity index (χ0v) is 16.5. The van der Waals surface area contributed by atoms with Gasteiger partial charge in [-0.2, -0.15) is 9.50 Å². The second-order valence-electron chi connectivity index (χ2n) is 6.41. The van der Waals surface area contributed by atoms with Gasteiger partial charge in [-0.3, -0.25) is 19.7 Å². The summed E-state index contributed by atoms with van der Waals surface area (Å²) in [4.78, 5) is 38.9. The van der Waals surface area contributed by atoms with Crippen LogP contribution in [0.4, 0.5) is 11.6 Å². The van der Waals surface area contributed by atoms with E-state index >= 15 is 0 Å². The lowest BCUT2D eigenvalue weighted by atomic mass is 10.1. The Morgan fingerprint density at radius 1 is 1.28 bits per heavy atom. The zero-order chi connectivity index (χ0) is 20.2. The molecule has 4 heterocycles. The van der Waals surface area contributed by atoms with Gasteiger partial charge in [0.25, 0.3) is 11.3 Å². The molecule has 9 nitrogen and oxygen atoms in total. The standard InChI is InChI=1S/C19H19N7O2S/c1-12-15(6-7-16(27)23-13-4-2-8-20-10-13)17(28)26-19(22-12)24-18(25-26)21-11-14-5-3-9-29-14/h2-5,8-10H,6-7,11H2,1H3,(H,23,27)(H2,21,22,24,25). The molecular formula is C19H19N7O2S. The molecule has 0 aliphatic rings. The number of carbonyl (C=O) groups is 1.